The van der Waals surface area contributed by atoms with Crippen molar-refractivity contribution in [3.8, 4) is 11.1 Å². The summed E-state index contributed by atoms with van der Waals surface area (Å²) in [5.41, 5.74) is 0.844. The maximum Gasteiger partial charge on any atom is 0.471 e. The van der Waals surface area contributed by atoms with Crippen molar-refractivity contribution in [3.63, 3.8) is 0 Å². The van der Waals surface area contributed by atoms with Crippen molar-refractivity contribution < 1.29 is 22.4 Å². The van der Waals surface area contributed by atoms with Crippen LogP contribution < -0.4 is 10.6 Å². The van der Waals surface area contributed by atoms with Crippen molar-refractivity contribution in [2.75, 3.05) is 7.05 Å². The summed E-state index contributed by atoms with van der Waals surface area (Å²) in [6, 6.07) is 14.2. The second-order valence-electron chi connectivity index (χ2n) is 7.64. The minimum atomic E-state index is -4.97. The van der Waals surface area contributed by atoms with Crippen LogP contribution in [0.4, 0.5) is 17.6 Å². The molecule has 0 radical (unpaired) electrons. The first-order chi connectivity index (χ1) is 13.7. The van der Waals surface area contributed by atoms with Gasteiger partial charge in [-0.05, 0) is 68.0 Å². The Balaban J connectivity index is 1.90. The van der Waals surface area contributed by atoms with Crippen LogP contribution in [0.1, 0.15) is 31.2 Å². The number of nitrogens with one attached hydrogen (secondary N) is 2. The van der Waals surface area contributed by atoms with Gasteiger partial charge in [-0.1, -0.05) is 36.4 Å². The Labute approximate surface area is 167 Å². The lowest BCUT2D eigenvalue weighted by molar-refractivity contribution is -0.176. The van der Waals surface area contributed by atoms with E-state index in [1.165, 1.54) is 6.07 Å². The fourth-order valence-electron chi connectivity index (χ4n) is 4.00. The number of hydrogen-bond acceptors (Lipinski definition) is 2. The molecule has 1 aliphatic carbocycles. The molecule has 0 unspecified atom stereocenters. The fraction of sp³-hybridized carbons (Fsp3) is 0.409. The summed E-state index contributed by atoms with van der Waals surface area (Å²) in [6.45, 7) is 0. The molecule has 2 aromatic carbocycles. The Morgan fingerprint density at radius 1 is 1.07 bits per heavy atom. The Kier molecular flexibility index (Phi) is 6.27. The summed E-state index contributed by atoms with van der Waals surface area (Å²) in [5.74, 6) is -2.46. The molecule has 3 nitrogen and oxygen atoms in total. The van der Waals surface area contributed by atoms with Crippen LogP contribution in [0, 0.1) is 5.82 Å². The van der Waals surface area contributed by atoms with Crippen molar-refractivity contribution in [1.29, 1.82) is 0 Å². The van der Waals surface area contributed by atoms with Gasteiger partial charge in [0.1, 0.15) is 5.82 Å². The SMILES string of the molecule is CNC1CCC(Cc2cc(-c3ccccc3)ccc2F)(NC(=O)C(F)(F)F)CC1. The van der Waals surface area contributed by atoms with Gasteiger partial charge in [0.2, 0.25) is 0 Å². The summed E-state index contributed by atoms with van der Waals surface area (Å²) in [4.78, 5) is 11.7. The van der Waals surface area contributed by atoms with Gasteiger partial charge in [0.25, 0.3) is 0 Å². The second-order valence-corrected chi connectivity index (χ2v) is 7.64. The highest BCUT2D eigenvalue weighted by Gasteiger charge is 2.45. The number of benzene rings is 2. The van der Waals surface area contributed by atoms with Gasteiger partial charge in [0, 0.05) is 11.6 Å². The number of halogens is 4. The van der Waals surface area contributed by atoms with Crippen LogP contribution in [0.25, 0.3) is 11.1 Å². The summed E-state index contributed by atoms with van der Waals surface area (Å²) >= 11 is 0. The fourth-order valence-corrected chi connectivity index (χ4v) is 4.00. The first-order valence-corrected chi connectivity index (χ1v) is 9.63. The summed E-state index contributed by atoms with van der Waals surface area (Å²) < 4.78 is 53.3. The maximum absolute atomic E-state index is 14.6. The van der Waals surface area contributed by atoms with Crippen molar-refractivity contribution in [1.82, 2.24) is 10.6 Å². The van der Waals surface area contributed by atoms with Gasteiger partial charge in [-0.2, -0.15) is 13.2 Å². The molecule has 1 aliphatic rings. The highest BCUT2D eigenvalue weighted by molar-refractivity contribution is 5.82. The zero-order valence-electron chi connectivity index (χ0n) is 16.2. The zero-order chi connectivity index (χ0) is 21.1. The number of carbonyl (C=O) groups excluding carboxylic acids is 1. The first-order valence-electron chi connectivity index (χ1n) is 9.63. The lowest BCUT2D eigenvalue weighted by Gasteiger charge is -2.41. The van der Waals surface area contributed by atoms with E-state index in [0.717, 1.165) is 11.1 Å². The molecule has 0 bridgehead atoms. The molecule has 1 fully saturated rings. The van der Waals surface area contributed by atoms with Gasteiger partial charge in [-0.3, -0.25) is 4.79 Å². The van der Waals surface area contributed by atoms with Crippen LogP contribution in [0.15, 0.2) is 48.5 Å². The molecular weight excluding hydrogens is 384 g/mol. The standard InChI is InChI=1S/C22H24F4N2O/c1-27-18-9-11-21(12-10-18,28-20(29)22(24,25)26)14-17-13-16(7-8-19(17)23)15-5-3-2-4-6-15/h2-8,13,18,27H,9-12,14H2,1H3,(H,28,29). The van der Waals surface area contributed by atoms with Crippen LogP contribution in [0.3, 0.4) is 0 Å². The molecule has 0 atom stereocenters. The van der Waals surface area contributed by atoms with Crippen LogP contribution in [0.2, 0.25) is 0 Å². The monoisotopic (exact) mass is 408 g/mol. The van der Waals surface area contributed by atoms with E-state index >= 15 is 0 Å². The van der Waals surface area contributed by atoms with Gasteiger partial charge in [-0.15, -0.1) is 0 Å². The van der Waals surface area contributed by atoms with Crippen molar-refractivity contribution >= 4 is 5.91 Å². The molecule has 1 saturated carbocycles. The predicted octanol–water partition coefficient (Wildman–Crippen LogP) is 4.61. The normalized spacial score (nSPS) is 22.3. The Morgan fingerprint density at radius 3 is 2.31 bits per heavy atom. The molecule has 2 aromatic rings. The largest absolute Gasteiger partial charge is 0.471 e. The first kappa shape index (κ1) is 21.3. The highest BCUT2D eigenvalue weighted by atomic mass is 19.4. The number of rotatable bonds is 5. The highest BCUT2D eigenvalue weighted by Crippen LogP contribution is 2.34. The molecule has 0 spiro atoms. The predicted molar refractivity (Wildman–Crippen MR) is 104 cm³/mol. The second kappa shape index (κ2) is 8.53. The molecule has 29 heavy (non-hydrogen) atoms. The number of hydrogen-bond donors (Lipinski definition) is 2. The Morgan fingerprint density at radius 2 is 1.72 bits per heavy atom. The van der Waals surface area contributed by atoms with Crippen LogP contribution in [-0.4, -0.2) is 30.7 Å². The average Bonchev–Trinajstić information content (AvgIpc) is 2.70. The molecule has 1 amide bonds. The van der Waals surface area contributed by atoms with E-state index in [0.29, 0.717) is 31.2 Å². The maximum atomic E-state index is 14.6. The molecule has 0 aromatic heterocycles. The molecule has 0 saturated heterocycles. The summed E-state index contributed by atoms with van der Waals surface area (Å²) in [6.07, 6.45) is -3.07. The van der Waals surface area contributed by atoms with Crippen molar-refractivity contribution in [2.24, 2.45) is 0 Å². The van der Waals surface area contributed by atoms with Crippen molar-refractivity contribution in [3.05, 3.63) is 59.9 Å². The van der Waals surface area contributed by atoms with E-state index in [4.69, 9.17) is 0 Å². The van der Waals surface area contributed by atoms with E-state index < -0.39 is 23.4 Å². The van der Waals surface area contributed by atoms with E-state index in [1.54, 1.807) is 19.2 Å². The zero-order valence-corrected chi connectivity index (χ0v) is 16.2. The molecule has 2 N–H and O–H groups in total. The Hall–Kier alpha value is -2.41. The third-order valence-corrected chi connectivity index (χ3v) is 5.67. The molecule has 3 rings (SSSR count). The van der Waals surface area contributed by atoms with Gasteiger partial charge in [-0.25, -0.2) is 4.39 Å². The van der Waals surface area contributed by atoms with Gasteiger partial charge < -0.3 is 10.6 Å². The van der Waals surface area contributed by atoms with Crippen molar-refractivity contribution in [2.45, 2.75) is 49.9 Å². The summed E-state index contributed by atoms with van der Waals surface area (Å²) in [7, 11) is 1.80. The van der Waals surface area contributed by atoms with Crippen LogP contribution >= 0.6 is 0 Å². The molecule has 156 valence electrons. The molecular formula is C22H24F4N2O. The molecule has 7 heteroatoms. The van der Waals surface area contributed by atoms with Crippen LogP contribution in [0.5, 0.6) is 0 Å². The van der Waals surface area contributed by atoms with E-state index in [-0.39, 0.29) is 12.5 Å². The van der Waals surface area contributed by atoms with E-state index in [9.17, 15) is 22.4 Å². The third-order valence-electron chi connectivity index (χ3n) is 5.67. The number of amides is 1. The quantitative estimate of drug-likeness (QED) is 0.710. The van der Waals surface area contributed by atoms with Crippen LogP contribution in [-0.2, 0) is 11.2 Å². The minimum Gasteiger partial charge on any atom is -0.343 e. The lowest BCUT2D eigenvalue weighted by atomic mass is 9.75. The van der Waals surface area contributed by atoms with Gasteiger partial charge in [0.05, 0.1) is 0 Å². The summed E-state index contributed by atoms with van der Waals surface area (Å²) in [5, 5.41) is 5.32. The lowest BCUT2D eigenvalue weighted by Crippen LogP contribution is -2.57. The van der Waals surface area contributed by atoms with E-state index in [2.05, 4.69) is 10.6 Å². The smallest absolute Gasteiger partial charge is 0.343 e. The number of carbonyl (C=O) groups is 1. The van der Waals surface area contributed by atoms with Gasteiger partial charge >= 0.3 is 12.1 Å². The minimum absolute atomic E-state index is 0.0117. The van der Waals surface area contributed by atoms with Gasteiger partial charge in [0.15, 0.2) is 0 Å². The number of alkyl halides is 3. The Bertz CT molecular complexity index is 844. The topological polar surface area (TPSA) is 41.1 Å². The molecule has 0 aliphatic heterocycles. The average molecular weight is 408 g/mol. The molecule has 0 heterocycles. The third kappa shape index (κ3) is 5.15. The van der Waals surface area contributed by atoms with E-state index in [1.807, 2.05) is 30.3 Å².